The number of sulfonamides is 2. The van der Waals surface area contributed by atoms with Crippen LogP contribution < -0.4 is 13.8 Å². The Bertz CT molecular complexity index is 1080. The van der Waals surface area contributed by atoms with E-state index in [4.69, 9.17) is 4.74 Å². The van der Waals surface area contributed by atoms with Gasteiger partial charge in [0.2, 0.25) is 10.0 Å². The number of ether oxygens (including phenoxy) is 1. The first-order valence-electron chi connectivity index (χ1n) is 8.42. The zero-order valence-electron chi connectivity index (χ0n) is 15.4. The summed E-state index contributed by atoms with van der Waals surface area (Å²) >= 11 is 0. The number of benzene rings is 2. The van der Waals surface area contributed by atoms with Gasteiger partial charge >= 0.3 is 0 Å². The number of hydrogen-bond acceptors (Lipinski definition) is 5. The Labute approximate surface area is 160 Å². The van der Waals surface area contributed by atoms with Gasteiger partial charge in [-0.3, -0.25) is 9.03 Å². The first-order chi connectivity index (χ1) is 12.6. The second-order valence-electron chi connectivity index (χ2n) is 6.50. The summed E-state index contributed by atoms with van der Waals surface area (Å²) in [6.07, 6.45) is 0.540. The fraction of sp³-hybridized carbons (Fsp3) is 0.333. The highest BCUT2D eigenvalue weighted by Crippen LogP contribution is 2.34. The van der Waals surface area contributed by atoms with E-state index in [-0.39, 0.29) is 16.3 Å². The van der Waals surface area contributed by atoms with E-state index in [1.54, 1.807) is 37.3 Å². The molecule has 146 valence electrons. The van der Waals surface area contributed by atoms with Gasteiger partial charge in [0.1, 0.15) is 5.75 Å². The predicted molar refractivity (Wildman–Crippen MR) is 105 cm³/mol. The largest absolute Gasteiger partial charge is 0.495 e. The molecule has 2 aromatic rings. The van der Waals surface area contributed by atoms with E-state index in [9.17, 15) is 16.8 Å². The third-order valence-corrected chi connectivity index (χ3v) is 7.83. The van der Waals surface area contributed by atoms with E-state index in [0.29, 0.717) is 30.0 Å². The third kappa shape index (κ3) is 3.89. The number of nitrogens with zero attached hydrogens (tertiary/aromatic N) is 1. The number of nitrogens with one attached hydrogen (secondary N) is 1. The molecular weight excluding hydrogens is 388 g/mol. The van der Waals surface area contributed by atoms with Crippen LogP contribution in [-0.2, 0) is 20.0 Å². The van der Waals surface area contributed by atoms with E-state index in [1.165, 1.54) is 17.5 Å². The molecule has 1 aliphatic heterocycles. The lowest BCUT2D eigenvalue weighted by Gasteiger charge is -2.20. The van der Waals surface area contributed by atoms with Gasteiger partial charge in [-0.2, -0.15) is 0 Å². The smallest absolute Gasteiger partial charge is 0.262 e. The Hall–Kier alpha value is -2.26. The Morgan fingerprint density at radius 2 is 1.85 bits per heavy atom. The molecule has 1 saturated heterocycles. The minimum Gasteiger partial charge on any atom is -0.495 e. The van der Waals surface area contributed by atoms with Gasteiger partial charge in [-0.05, 0) is 50.1 Å². The van der Waals surface area contributed by atoms with Crippen LogP contribution in [0.1, 0.15) is 17.5 Å². The highest BCUT2D eigenvalue weighted by Gasteiger charge is 2.29. The summed E-state index contributed by atoms with van der Waals surface area (Å²) in [6.45, 7) is 3.99. The van der Waals surface area contributed by atoms with Crippen LogP contribution in [0, 0.1) is 13.8 Å². The van der Waals surface area contributed by atoms with Crippen LogP contribution in [0.25, 0.3) is 0 Å². The van der Waals surface area contributed by atoms with Crippen LogP contribution in [0.2, 0.25) is 0 Å². The highest BCUT2D eigenvalue weighted by atomic mass is 32.2. The van der Waals surface area contributed by atoms with E-state index in [0.717, 1.165) is 5.56 Å². The van der Waals surface area contributed by atoms with E-state index in [2.05, 4.69) is 4.72 Å². The van der Waals surface area contributed by atoms with Gasteiger partial charge in [-0.15, -0.1) is 0 Å². The number of hydrogen-bond donors (Lipinski definition) is 1. The van der Waals surface area contributed by atoms with Crippen molar-refractivity contribution in [2.24, 2.45) is 0 Å². The maximum Gasteiger partial charge on any atom is 0.262 e. The van der Waals surface area contributed by atoms with Crippen LogP contribution in [0.3, 0.4) is 0 Å². The van der Waals surface area contributed by atoms with Crippen molar-refractivity contribution >= 4 is 31.4 Å². The lowest BCUT2D eigenvalue weighted by Crippen LogP contribution is -2.25. The molecule has 0 atom stereocenters. The lowest BCUT2D eigenvalue weighted by atomic mass is 10.2. The van der Waals surface area contributed by atoms with Gasteiger partial charge < -0.3 is 4.74 Å². The fourth-order valence-corrected chi connectivity index (χ4v) is 6.01. The molecule has 27 heavy (non-hydrogen) atoms. The van der Waals surface area contributed by atoms with Gasteiger partial charge in [0.05, 0.1) is 29.1 Å². The molecule has 0 aromatic heterocycles. The standard InChI is InChI=1S/C18H22N2O5S2/c1-13-5-8-18(14(2)11-13)27(23,24)19-16-12-15(6-7-17(16)25-3)20-9-4-10-26(20,21)22/h5-8,11-12,19H,4,9-10H2,1-3H3. The molecule has 0 spiro atoms. The first-order valence-corrected chi connectivity index (χ1v) is 11.5. The minimum atomic E-state index is -3.86. The second kappa shape index (κ2) is 7.05. The zero-order valence-corrected chi connectivity index (χ0v) is 17.0. The quantitative estimate of drug-likeness (QED) is 0.818. The SMILES string of the molecule is COc1ccc(N2CCCS2(=O)=O)cc1NS(=O)(=O)c1ccc(C)cc1C. The third-order valence-electron chi connectivity index (χ3n) is 4.43. The molecule has 1 fully saturated rings. The molecule has 1 aliphatic rings. The Kier molecular flexibility index (Phi) is 5.09. The van der Waals surface area contributed by atoms with Crippen molar-refractivity contribution in [3.8, 4) is 5.75 Å². The van der Waals surface area contributed by atoms with Crippen LogP contribution in [-0.4, -0.2) is 36.2 Å². The molecule has 0 unspecified atom stereocenters. The molecule has 0 aliphatic carbocycles. The minimum absolute atomic E-state index is 0.0860. The van der Waals surface area contributed by atoms with Gasteiger partial charge in [0.15, 0.2) is 0 Å². The van der Waals surface area contributed by atoms with Crippen molar-refractivity contribution in [3.63, 3.8) is 0 Å². The average molecular weight is 411 g/mol. The van der Waals surface area contributed by atoms with Crippen molar-refractivity contribution in [2.45, 2.75) is 25.2 Å². The fourth-order valence-electron chi connectivity index (χ4n) is 3.16. The van der Waals surface area contributed by atoms with Crippen molar-refractivity contribution in [1.82, 2.24) is 0 Å². The van der Waals surface area contributed by atoms with Crippen molar-refractivity contribution in [1.29, 1.82) is 0 Å². The van der Waals surface area contributed by atoms with E-state index >= 15 is 0 Å². The van der Waals surface area contributed by atoms with Crippen LogP contribution in [0.5, 0.6) is 5.75 Å². The van der Waals surface area contributed by atoms with Gasteiger partial charge in [0, 0.05) is 6.54 Å². The van der Waals surface area contributed by atoms with Crippen LogP contribution >= 0.6 is 0 Å². The molecule has 0 amide bonds. The Morgan fingerprint density at radius 3 is 2.44 bits per heavy atom. The summed E-state index contributed by atoms with van der Waals surface area (Å²) < 4.78 is 59.1. The monoisotopic (exact) mass is 410 g/mol. The Balaban J connectivity index is 2.01. The van der Waals surface area contributed by atoms with Crippen molar-refractivity contribution in [3.05, 3.63) is 47.5 Å². The molecule has 1 heterocycles. The van der Waals surface area contributed by atoms with Crippen LogP contribution in [0.15, 0.2) is 41.3 Å². The summed E-state index contributed by atoms with van der Waals surface area (Å²) in [7, 11) is -5.80. The van der Waals surface area contributed by atoms with Gasteiger partial charge in [0.25, 0.3) is 10.0 Å². The van der Waals surface area contributed by atoms with E-state index < -0.39 is 20.0 Å². The summed E-state index contributed by atoms with van der Waals surface area (Å²) in [4.78, 5) is 0.161. The molecule has 7 nitrogen and oxygen atoms in total. The molecule has 0 radical (unpaired) electrons. The summed E-state index contributed by atoms with van der Waals surface area (Å²) in [6, 6.07) is 9.72. The number of rotatable bonds is 5. The number of aryl methyl sites for hydroxylation is 2. The predicted octanol–water partition coefficient (Wildman–Crippen LogP) is 2.65. The molecule has 9 heteroatoms. The molecule has 3 rings (SSSR count). The van der Waals surface area contributed by atoms with Crippen molar-refractivity contribution < 1.29 is 21.6 Å². The lowest BCUT2D eigenvalue weighted by molar-refractivity contribution is 0.417. The summed E-state index contributed by atoms with van der Waals surface area (Å²) in [5.41, 5.74) is 2.19. The van der Waals surface area contributed by atoms with Crippen molar-refractivity contribution in [2.75, 3.05) is 28.4 Å². The molecule has 0 bridgehead atoms. The topological polar surface area (TPSA) is 92.8 Å². The second-order valence-corrected chi connectivity index (χ2v) is 10.2. The first kappa shape index (κ1) is 19.5. The number of methoxy groups -OCH3 is 1. The normalized spacial score (nSPS) is 16.3. The van der Waals surface area contributed by atoms with Gasteiger partial charge in [-0.1, -0.05) is 17.7 Å². The average Bonchev–Trinajstić information content (AvgIpc) is 2.93. The maximum atomic E-state index is 12.9. The molecule has 2 aromatic carbocycles. The van der Waals surface area contributed by atoms with Crippen LogP contribution in [0.4, 0.5) is 11.4 Å². The molecular formula is C18H22N2O5S2. The maximum absolute atomic E-state index is 12.9. The summed E-state index contributed by atoms with van der Waals surface area (Å²) in [5, 5.41) is 0. The molecule has 1 N–H and O–H groups in total. The number of anilines is 2. The van der Waals surface area contributed by atoms with Gasteiger partial charge in [-0.25, -0.2) is 16.8 Å². The summed E-state index contributed by atoms with van der Waals surface area (Å²) in [5.74, 6) is 0.395. The van der Waals surface area contributed by atoms with E-state index in [1.807, 2.05) is 6.92 Å². The highest BCUT2D eigenvalue weighted by molar-refractivity contribution is 7.93. The zero-order chi connectivity index (χ0) is 19.8. The Morgan fingerprint density at radius 1 is 1.11 bits per heavy atom. The molecule has 0 saturated carbocycles.